The summed E-state index contributed by atoms with van der Waals surface area (Å²) in [5, 5.41) is 0. The van der Waals surface area contributed by atoms with E-state index in [1.807, 2.05) is 49.1 Å². The number of ether oxygens (including phenoxy) is 1. The van der Waals surface area contributed by atoms with Crippen molar-refractivity contribution in [2.24, 2.45) is 0 Å². The SMILES string of the molecule is CC(C)N1CCN(C(=O)CCOc2ccccc2)CC1=O. The lowest BCUT2D eigenvalue weighted by Crippen LogP contribution is -2.54. The summed E-state index contributed by atoms with van der Waals surface area (Å²) in [7, 11) is 0. The summed E-state index contributed by atoms with van der Waals surface area (Å²) in [6.07, 6.45) is 0.295. The minimum absolute atomic E-state index is 0.0218. The zero-order valence-electron chi connectivity index (χ0n) is 12.6. The van der Waals surface area contributed by atoms with Crippen molar-refractivity contribution in [1.29, 1.82) is 0 Å². The van der Waals surface area contributed by atoms with Gasteiger partial charge in [-0.15, -0.1) is 0 Å². The van der Waals surface area contributed by atoms with Gasteiger partial charge in [-0.1, -0.05) is 18.2 Å². The number of carbonyl (C=O) groups is 2. The lowest BCUT2D eigenvalue weighted by molar-refractivity contribution is -0.146. The van der Waals surface area contributed by atoms with Crippen LogP contribution in [0, 0.1) is 0 Å². The summed E-state index contributed by atoms with van der Waals surface area (Å²) in [5.74, 6) is 0.752. The predicted molar refractivity (Wildman–Crippen MR) is 80.0 cm³/mol. The van der Waals surface area contributed by atoms with E-state index in [0.717, 1.165) is 5.75 Å². The molecule has 1 heterocycles. The average molecular weight is 290 g/mol. The second-order valence-electron chi connectivity index (χ2n) is 5.41. The maximum absolute atomic E-state index is 12.1. The van der Waals surface area contributed by atoms with Gasteiger partial charge < -0.3 is 14.5 Å². The number of amides is 2. The second kappa shape index (κ2) is 7.11. The van der Waals surface area contributed by atoms with Gasteiger partial charge in [0, 0.05) is 19.1 Å². The quantitative estimate of drug-likeness (QED) is 0.826. The number of rotatable bonds is 5. The molecule has 1 aromatic rings. The molecule has 0 aliphatic carbocycles. The lowest BCUT2D eigenvalue weighted by Gasteiger charge is -2.36. The van der Waals surface area contributed by atoms with Crippen LogP contribution in [0.1, 0.15) is 20.3 Å². The van der Waals surface area contributed by atoms with Gasteiger partial charge in [0.15, 0.2) is 0 Å². The summed E-state index contributed by atoms with van der Waals surface area (Å²) >= 11 is 0. The highest BCUT2D eigenvalue weighted by Gasteiger charge is 2.28. The van der Waals surface area contributed by atoms with Crippen molar-refractivity contribution in [2.45, 2.75) is 26.3 Å². The van der Waals surface area contributed by atoms with Gasteiger partial charge in [0.1, 0.15) is 5.75 Å². The highest BCUT2D eigenvalue weighted by molar-refractivity contribution is 5.86. The minimum Gasteiger partial charge on any atom is -0.493 e. The maximum atomic E-state index is 12.1. The molecule has 2 rings (SSSR count). The first-order chi connectivity index (χ1) is 10.1. The standard InChI is InChI=1S/C16H22N2O3/c1-13(2)18-10-9-17(12-16(18)20)15(19)8-11-21-14-6-4-3-5-7-14/h3-7,13H,8-12H2,1-2H3. The van der Waals surface area contributed by atoms with Crippen molar-refractivity contribution in [2.75, 3.05) is 26.2 Å². The van der Waals surface area contributed by atoms with Crippen molar-refractivity contribution in [3.05, 3.63) is 30.3 Å². The van der Waals surface area contributed by atoms with Crippen LogP contribution < -0.4 is 4.74 Å². The molecule has 1 fully saturated rings. The van der Waals surface area contributed by atoms with Gasteiger partial charge in [0.2, 0.25) is 11.8 Å². The normalized spacial score (nSPS) is 15.5. The third-order valence-electron chi connectivity index (χ3n) is 3.56. The van der Waals surface area contributed by atoms with Gasteiger partial charge in [0.25, 0.3) is 0 Å². The first-order valence-corrected chi connectivity index (χ1v) is 7.33. The molecule has 0 bridgehead atoms. The molecule has 0 atom stereocenters. The van der Waals surface area contributed by atoms with Crippen LogP contribution in [0.25, 0.3) is 0 Å². The molecule has 0 aromatic heterocycles. The Morgan fingerprint density at radius 2 is 1.95 bits per heavy atom. The molecule has 0 N–H and O–H groups in total. The van der Waals surface area contributed by atoms with Crippen molar-refractivity contribution in [1.82, 2.24) is 9.80 Å². The van der Waals surface area contributed by atoms with E-state index in [1.54, 1.807) is 4.90 Å². The third-order valence-corrected chi connectivity index (χ3v) is 3.56. The molecular formula is C16H22N2O3. The third kappa shape index (κ3) is 4.21. The van der Waals surface area contributed by atoms with E-state index in [4.69, 9.17) is 4.74 Å². The molecule has 0 unspecified atom stereocenters. The van der Waals surface area contributed by atoms with E-state index in [1.165, 1.54) is 0 Å². The van der Waals surface area contributed by atoms with E-state index in [0.29, 0.717) is 26.1 Å². The molecular weight excluding hydrogens is 268 g/mol. The Kier molecular flexibility index (Phi) is 5.20. The Bertz CT molecular complexity index is 488. The molecule has 0 radical (unpaired) electrons. The van der Waals surface area contributed by atoms with Crippen LogP contribution >= 0.6 is 0 Å². The van der Waals surface area contributed by atoms with Crippen molar-refractivity contribution < 1.29 is 14.3 Å². The smallest absolute Gasteiger partial charge is 0.242 e. The summed E-state index contributed by atoms with van der Waals surface area (Å²) < 4.78 is 5.51. The van der Waals surface area contributed by atoms with Gasteiger partial charge in [-0.05, 0) is 26.0 Å². The number of benzene rings is 1. The van der Waals surface area contributed by atoms with Crippen LogP contribution in [0.3, 0.4) is 0 Å². The second-order valence-corrected chi connectivity index (χ2v) is 5.41. The fourth-order valence-corrected chi connectivity index (χ4v) is 2.38. The van der Waals surface area contributed by atoms with E-state index >= 15 is 0 Å². The molecule has 114 valence electrons. The lowest BCUT2D eigenvalue weighted by atomic mass is 10.2. The van der Waals surface area contributed by atoms with E-state index in [9.17, 15) is 9.59 Å². The first-order valence-electron chi connectivity index (χ1n) is 7.33. The van der Waals surface area contributed by atoms with Gasteiger partial charge in [-0.3, -0.25) is 9.59 Å². The number of para-hydroxylation sites is 1. The number of piperazine rings is 1. The molecule has 0 spiro atoms. The van der Waals surface area contributed by atoms with Crippen molar-refractivity contribution in [3.8, 4) is 5.75 Å². The Morgan fingerprint density at radius 3 is 2.57 bits per heavy atom. The van der Waals surface area contributed by atoms with Crippen LogP contribution in [0.5, 0.6) is 5.75 Å². The number of carbonyl (C=O) groups excluding carboxylic acids is 2. The number of nitrogens with zero attached hydrogens (tertiary/aromatic N) is 2. The van der Waals surface area contributed by atoms with Gasteiger partial charge in [-0.2, -0.15) is 0 Å². The van der Waals surface area contributed by atoms with Gasteiger partial charge >= 0.3 is 0 Å². The van der Waals surface area contributed by atoms with Crippen LogP contribution in [0.15, 0.2) is 30.3 Å². The summed E-state index contributed by atoms with van der Waals surface area (Å²) in [4.78, 5) is 27.5. The summed E-state index contributed by atoms with van der Waals surface area (Å²) in [5.41, 5.74) is 0. The highest BCUT2D eigenvalue weighted by atomic mass is 16.5. The van der Waals surface area contributed by atoms with Crippen molar-refractivity contribution in [3.63, 3.8) is 0 Å². The van der Waals surface area contributed by atoms with E-state index in [2.05, 4.69) is 0 Å². The topological polar surface area (TPSA) is 49.9 Å². The van der Waals surface area contributed by atoms with E-state index < -0.39 is 0 Å². The fraction of sp³-hybridized carbons (Fsp3) is 0.500. The molecule has 5 nitrogen and oxygen atoms in total. The molecule has 5 heteroatoms. The van der Waals surface area contributed by atoms with Gasteiger partial charge in [0.05, 0.1) is 19.6 Å². The monoisotopic (exact) mass is 290 g/mol. The number of hydrogen-bond donors (Lipinski definition) is 0. The zero-order valence-corrected chi connectivity index (χ0v) is 12.6. The molecule has 1 saturated heterocycles. The van der Waals surface area contributed by atoms with Crippen LogP contribution in [0.2, 0.25) is 0 Å². The Balaban J connectivity index is 1.76. The minimum atomic E-state index is -0.0253. The molecule has 1 aromatic carbocycles. The van der Waals surface area contributed by atoms with Gasteiger partial charge in [-0.25, -0.2) is 0 Å². The van der Waals surface area contributed by atoms with Crippen LogP contribution in [-0.4, -0.2) is 53.9 Å². The molecule has 21 heavy (non-hydrogen) atoms. The molecule has 1 aliphatic heterocycles. The van der Waals surface area contributed by atoms with Crippen molar-refractivity contribution >= 4 is 11.8 Å². The summed E-state index contributed by atoms with van der Waals surface area (Å²) in [6.45, 7) is 5.71. The molecule has 1 aliphatic rings. The largest absolute Gasteiger partial charge is 0.493 e. The predicted octanol–water partition coefficient (Wildman–Crippen LogP) is 1.53. The highest BCUT2D eigenvalue weighted by Crippen LogP contribution is 2.11. The Morgan fingerprint density at radius 1 is 1.24 bits per heavy atom. The van der Waals surface area contributed by atoms with E-state index in [-0.39, 0.29) is 24.4 Å². The molecule has 0 saturated carbocycles. The van der Waals surface area contributed by atoms with Crippen LogP contribution in [-0.2, 0) is 9.59 Å². The zero-order chi connectivity index (χ0) is 15.2. The Hall–Kier alpha value is -2.04. The summed E-state index contributed by atoms with van der Waals surface area (Å²) in [6, 6.07) is 9.60. The Labute approximate surface area is 125 Å². The molecule has 2 amide bonds. The van der Waals surface area contributed by atoms with Crippen LogP contribution in [0.4, 0.5) is 0 Å². The number of hydrogen-bond acceptors (Lipinski definition) is 3. The first kappa shape index (κ1) is 15.4. The fourth-order valence-electron chi connectivity index (χ4n) is 2.38. The average Bonchev–Trinajstić information content (AvgIpc) is 2.47. The maximum Gasteiger partial charge on any atom is 0.242 e.